The van der Waals surface area contributed by atoms with Crippen LogP contribution in [0.3, 0.4) is 0 Å². The van der Waals surface area contributed by atoms with E-state index in [4.69, 9.17) is 0 Å². The van der Waals surface area contributed by atoms with Crippen molar-refractivity contribution in [3.63, 3.8) is 0 Å². The maximum Gasteiger partial charge on any atom is 0.199 e. The van der Waals surface area contributed by atoms with Gasteiger partial charge >= 0.3 is 0 Å². The predicted molar refractivity (Wildman–Crippen MR) is 83.4 cm³/mol. The van der Waals surface area contributed by atoms with Crippen LogP contribution in [0.5, 0.6) is 0 Å². The Labute approximate surface area is 120 Å². The van der Waals surface area contributed by atoms with Gasteiger partial charge in [0.05, 0.1) is 4.90 Å². The maximum absolute atomic E-state index is 12.1. The smallest absolute Gasteiger partial charge is 0.199 e. The van der Waals surface area contributed by atoms with Crippen molar-refractivity contribution in [2.24, 2.45) is 0 Å². The van der Waals surface area contributed by atoms with Gasteiger partial charge in [0, 0.05) is 25.2 Å². The van der Waals surface area contributed by atoms with Crippen molar-refractivity contribution in [3.05, 3.63) is 65.6 Å². The lowest BCUT2D eigenvalue weighted by atomic mass is 10.2. The van der Waals surface area contributed by atoms with E-state index in [-0.39, 0.29) is 0 Å². The van der Waals surface area contributed by atoms with Crippen molar-refractivity contribution >= 4 is 21.6 Å². The van der Waals surface area contributed by atoms with Gasteiger partial charge in [0.2, 0.25) is 0 Å². The minimum absolute atomic E-state index is 0.307. The van der Waals surface area contributed by atoms with Crippen LogP contribution in [0.2, 0.25) is 0 Å². The van der Waals surface area contributed by atoms with Crippen LogP contribution in [0.4, 0.5) is 5.69 Å². The van der Waals surface area contributed by atoms with Crippen LogP contribution in [0.15, 0.2) is 64.9 Å². The van der Waals surface area contributed by atoms with E-state index in [2.05, 4.69) is 0 Å². The molecule has 2 aromatic carbocycles. The minimum Gasteiger partial charge on any atom is -0.378 e. The van der Waals surface area contributed by atoms with Crippen molar-refractivity contribution in [3.8, 4) is 0 Å². The van der Waals surface area contributed by atoms with Crippen LogP contribution in [-0.2, 0) is 9.84 Å². The predicted octanol–water partition coefficient (Wildman–Crippen LogP) is 3.20. The third kappa shape index (κ3) is 3.48. The highest BCUT2D eigenvalue weighted by molar-refractivity contribution is 7.94. The van der Waals surface area contributed by atoms with Crippen molar-refractivity contribution in [2.75, 3.05) is 19.0 Å². The van der Waals surface area contributed by atoms with Crippen LogP contribution in [-0.4, -0.2) is 22.5 Å². The molecule has 0 heterocycles. The number of hydrogen-bond acceptors (Lipinski definition) is 3. The number of nitrogens with zero attached hydrogens (tertiary/aromatic N) is 1. The number of benzene rings is 2. The molecule has 3 nitrogen and oxygen atoms in total. The zero-order valence-electron chi connectivity index (χ0n) is 11.5. The summed E-state index contributed by atoms with van der Waals surface area (Å²) in [7, 11) is 0.550. The third-order valence-electron chi connectivity index (χ3n) is 2.92. The van der Waals surface area contributed by atoms with Crippen molar-refractivity contribution in [1.29, 1.82) is 0 Å². The van der Waals surface area contributed by atoms with E-state index in [9.17, 15) is 8.42 Å². The molecule has 20 heavy (non-hydrogen) atoms. The lowest BCUT2D eigenvalue weighted by molar-refractivity contribution is 0.605. The van der Waals surface area contributed by atoms with Crippen LogP contribution in [0.1, 0.15) is 5.56 Å². The summed E-state index contributed by atoms with van der Waals surface area (Å²) in [6, 6.07) is 16.1. The maximum atomic E-state index is 12.1. The summed E-state index contributed by atoms with van der Waals surface area (Å²) < 4.78 is 24.2. The second-order valence-corrected chi connectivity index (χ2v) is 6.48. The topological polar surface area (TPSA) is 37.4 Å². The molecule has 4 heteroatoms. The fraction of sp³-hybridized carbons (Fsp3) is 0.125. The van der Waals surface area contributed by atoms with Crippen molar-refractivity contribution in [1.82, 2.24) is 0 Å². The summed E-state index contributed by atoms with van der Waals surface area (Å²) >= 11 is 0. The van der Waals surface area contributed by atoms with E-state index in [0.29, 0.717) is 4.90 Å². The highest BCUT2D eigenvalue weighted by atomic mass is 32.2. The number of anilines is 1. The summed E-state index contributed by atoms with van der Waals surface area (Å²) in [6.07, 6.45) is 1.61. The molecule has 0 unspecified atom stereocenters. The normalized spacial score (nSPS) is 11.7. The van der Waals surface area contributed by atoms with Crippen molar-refractivity contribution < 1.29 is 8.42 Å². The molecule has 0 aliphatic rings. The molecule has 2 aromatic rings. The Hall–Kier alpha value is -2.07. The second kappa shape index (κ2) is 5.92. The molecule has 0 aromatic heterocycles. The highest BCUT2D eigenvalue weighted by Gasteiger charge is 2.08. The summed E-state index contributed by atoms with van der Waals surface area (Å²) in [5, 5.41) is 1.24. The fourth-order valence-corrected chi connectivity index (χ4v) is 2.77. The van der Waals surface area contributed by atoms with E-state index >= 15 is 0 Å². The Morgan fingerprint density at radius 3 is 2.05 bits per heavy atom. The molecular formula is C16H17NO2S. The van der Waals surface area contributed by atoms with Gasteiger partial charge in [-0.25, -0.2) is 8.42 Å². The molecule has 0 saturated carbocycles. The van der Waals surface area contributed by atoms with Gasteiger partial charge in [0.15, 0.2) is 9.84 Å². The van der Waals surface area contributed by atoms with Crippen LogP contribution < -0.4 is 4.90 Å². The monoisotopic (exact) mass is 287 g/mol. The first-order chi connectivity index (χ1) is 9.49. The Morgan fingerprint density at radius 2 is 1.50 bits per heavy atom. The standard InChI is InChI=1S/C16H17NO2S/c1-17(2)15-10-8-14(9-11-15)12-13-20(18,19)16-6-4-3-5-7-16/h3-13H,1-2H3. The molecule has 0 bridgehead atoms. The van der Waals surface area contributed by atoms with Gasteiger partial charge in [-0.2, -0.15) is 0 Å². The van der Waals surface area contributed by atoms with E-state index < -0.39 is 9.84 Å². The molecule has 0 N–H and O–H groups in total. The number of sulfone groups is 1. The minimum atomic E-state index is -3.38. The molecule has 0 fully saturated rings. The first kappa shape index (κ1) is 14.3. The molecule has 0 amide bonds. The van der Waals surface area contributed by atoms with E-state index in [1.165, 1.54) is 5.41 Å². The lowest BCUT2D eigenvalue weighted by Gasteiger charge is -2.11. The van der Waals surface area contributed by atoms with E-state index in [1.54, 1.807) is 36.4 Å². The van der Waals surface area contributed by atoms with Gasteiger partial charge < -0.3 is 4.90 Å². The summed E-state index contributed by atoms with van der Waals surface area (Å²) in [5.74, 6) is 0. The molecule has 0 spiro atoms. The first-order valence-electron chi connectivity index (χ1n) is 6.25. The molecule has 0 atom stereocenters. The highest BCUT2D eigenvalue weighted by Crippen LogP contribution is 2.16. The summed E-state index contributed by atoms with van der Waals surface area (Å²) in [4.78, 5) is 2.30. The molecule has 2 rings (SSSR count). The van der Waals surface area contributed by atoms with Gasteiger partial charge in [0.1, 0.15) is 0 Å². The van der Waals surface area contributed by atoms with Gasteiger partial charge in [-0.05, 0) is 35.9 Å². The van der Waals surface area contributed by atoms with Crippen LogP contribution in [0.25, 0.3) is 6.08 Å². The molecule has 0 saturated heterocycles. The molecule has 0 aliphatic heterocycles. The summed E-state index contributed by atoms with van der Waals surface area (Å²) in [5.41, 5.74) is 1.93. The third-order valence-corrected chi connectivity index (χ3v) is 4.34. The SMILES string of the molecule is CN(C)c1ccc(C=CS(=O)(=O)c2ccccc2)cc1. The largest absolute Gasteiger partial charge is 0.378 e. The quantitative estimate of drug-likeness (QED) is 0.866. The molecule has 0 radical (unpaired) electrons. The Balaban J connectivity index is 2.21. The van der Waals surface area contributed by atoms with Gasteiger partial charge in [-0.3, -0.25) is 0 Å². The Kier molecular flexibility index (Phi) is 4.25. The average Bonchev–Trinajstić information content (AvgIpc) is 2.46. The van der Waals surface area contributed by atoms with Crippen LogP contribution in [0, 0.1) is 0 Å². The lowest BCUT2D eigenvalue weighted by Crippen LogP contribution is -2.07. The molecule has 0 aliphatic carbocycles. The Morgan fingerprint density at radius 1 is 0.900 bits per heavy atom. The van der Waals surface area contributed by atoms with E-state index in [0.717, 1.165) is 11.3 Å². The summed E-state index contributed by atoms with van der Waals surface area (Å²) in [6.45, 7) is 0. The van der Waals surface area contributed by atoms with Crippen molar-refractivity contribution in [2.45, 2.75) is 4.90 Å². The number of rotatable bonds is 4. The molecular weight excluding hydrogens is 270 g/mol. The zero-order chi connectivity index (χ0) is 14.6. The van der Waals surface area contributed by atoms with Gasteiger partial charge in [0.25, 0.3) is 0 Å². The van der Waals surface area contributed by atoms with Gasteiger partial charge in [-0.1, -0.05) is 30.3 Å². The number of hydrogen-bond donors (Lipinski definition) is 0. The van der Waals surface area contributed by atoms with E-state index in [1.807, 2.05) is 43.3 Å². The second-order valence-electron chi connectivity index (χ2n) is 4.65. The molecule has 104 valence electrons. The van der Waals surface area contributed by atoms with Gasteiger partial charge in [-0.15, -0.1) is 0 Å². The van der Waals surface area contributed by atoms with Crippen LogP contribution >= 0.6 is 0 Å². The zero-order valence-corrected chi connectivity index (χ0v) is 12.3. The fourth-order valence-electron chi connectivity index (χ4n) is 1.74. The Bertz CT molecular complexity index is 687. The first-order valence-corrected chi connectivity index (χ1v) is 7.79. The average molecular weight is 287 g/mol.